The van der Waals surface area contributed by atoms with Gasteiger partial charge in [0.05, 0.1) is 0 Å². The van der Waals surface area contributed by atoms with Gasteiger partial charge in [0.1, 0.15) is 0 Å². The summed E-state index contributed by atoms with van der Waals surface area (Å²) in [6.45, 7) is 0. The fourth-order valence-corrected chi connectivity index (χ4v) is 3.53. The zero-order valence-electron chi connectivity index (χ0n) is 16.4. The Labute approximate surface area is 175 Å². The summed E-state index contributed by atoms with van der Waals surface area (Å²) in [5, 5.41) is 3.00. The van der Waals surface area contributed by atoms with Gasteiger partial charge < -0.3 is 10.3 Å². The lowest BCUT2D eigenvalue weighted by Gasteiger charge is -2.18. The Morgan fingerprint density at radius 2 is 1.30 bits per heavy atom. The van der Waals surface area contributed by atoms with Crippen molar-refractivity contribution in [2.45, 2.75) is 12.3 Å². The highest BCUT2D eigenvalue weighted by Gasteiger charge is 2.18. The topological polar surface area (TPSA) is 62.0 Å². The predicted octanol–water partition coefficient (Wildman–Crippen LogP) is 5.20. The number of H-pyrrole nitrogens is 1. The second-order valence-corrected chi connectivity index (χ2v) is 7.15. The number of pyridine rings is 1. The molecule has 1 amide bonds. The molecule has 4 nitrogen and oxygen atoms in total. The van der Waals surface area contributed by atoms with Gasteiger partial charge in [0, 0.05) is 30.3 Å². The molecule has 3 aromatic carbocycles. The van der Waals surface area contributed by atoms with Crippen molar-refractivity contribution in [1.29, 1.82) is 0 Å². The van der Waals surface area contributed by atoms with Gasteiger partial charge >= 0.3 is 0 Å². The molecule has 30 heavy (non-hydrogen) atoms. The molecule has 0 fully saturated rings. The number of anilines is 1. The Hall–Kier alpha value is -3.92. The summed E-state index contributed by atoms with van der Waals surface area (Å²) in [7, 11) is 0. The van der Waals surface area contributed by atoms with Gasteiger partial charge in [0.15, 0.2) is 0 Å². The van der Waals surface area contributed by atoms with Gasteiger partial charge in [-0.25, -0.2) is 0 Å². The number of benzene rings is 3. The van der Waals surface area contributed by atoms with Crippen LogP contribution in [0.1, 0.15) is 23.5 Å². The average molecular weight is 394 g/mol. The van der Waals surface area contributed by atoms with Crippen LogP contribution >= 0.6 is 0 Å². The van der Waals surface area contributed by atoms with E-state index in [-0.39, 0.29) is 17.4 Å². The summed E-state index contributed by atoms with van der Waals surface area (Å²) in [6.07, 6.45) is 2.04. The van der Waals surface area contributed by atoms with E-state index in [9.17, 15) is 9.59 Å². The molecule has 0 aliphatic rings. The number of carbonyl (C=O) groups excluding carboxylic acids is 1. The molecule has 4 rings (SSSR count). The fraction of sp³-hybridized carbons (Fsp3) is 0.0769. The van der Waals surface area contributed by atoms with E-state index in [4.69, 9.17) is 0 Å². The SMILES string of the molecule is O=C(CC(c1ccccc1)c1ccccc1)Nc1ccc(-c2ccc(=O)[nH]c2)cc1. The van der Waals surface area contributed by atoms with E-state index in [1.165, 1.54) is 6.07 Å². The lowest BCUT2D eigenvalue weighted by Crippen LogP contribution is -2.16. The molecule has 0 atom stereocenters. The number of hydrogen-bond acceptors (Lipinski definition) is 2. The number of nitrogens with one attached hydrogen (secondary N) is 2. The van der Waals surface area contributed by atoms with Crippen molar-refractivity contribution < 1.29 is 4.79 Å². The minimum absolute atomic E-state index is 0.00665. The van der Waals surface area contributed by atoms with Crippen molar-refractivity contribution in [2.75, 3.05) is 5.32 Å². The van der Waals surface area contributed by atoms with E-state index in [1.54, 1.807) is 12.3 Å². The number of rotatable bonds is 6. The fourth-order valence-electron chi connectivity index (χ4n) is 3.53. The summed E-state index contributed by atoms with van der Waals surface area (Å²) in [6, 6.07) is 31.1. The Kier molecular flexibility index (Phi) is 5.85. The Morgan fingerprint density at radius 1 is 0.733 bits per heavy atom. The molecule has 0 saturated heterocycles. The lowest BCUT2D eigenvalue weighted by molar-refractivity contribution is -0.116. The van der Waals surface area contributed by atoms with Crippen molar-refractivity contribution in [3.8, 4) is 11.1 Å². The van der Waals surface area contributed by atoms with Gasteiger partial charge in [-0.3, -0.25) is 9.59 Å². The van der Waals surface area contributed by atoms with Crippen LogP contribution in [0.15, 0.2) is 108 Å². The van der Waals surface area contributed by atoms with E-state index in [2.05, 4.69) is 34.6 Å². The van der Waals surface area contributed by atoms with Gasteiger partial charge in [-0.2, -0.15) is 0 Å². The van der Waals surface area contributed by atoms with Gasteiger partial charge in [0.2, 0.25) is 11.5 Å². The molecule has 4 aromatic rings. The van der Waals surface area contributed by atoms with Gasteiger partial charge in [0.25, 0.3) is 0 Å². The third kappa shape index (κ3) is 4.73. The van der Waals surface area contributed by atoms with Crippen LogP contribution < -0.4 is 10.9 Å². The molecule has 0 radical (unpaired) electrons. The number of aromatic nitrogens is 1. The van der Waals surface area contributed by atoms with Crippen LogP contribution in [0.2, 0.25) is 0 Å². The minimum Gasteiger partial charge on any atom is -0.328 e. The summed E-state index contributed by atoms with van der Waals surface area (Å²) < 4.78 is 0. The standard InChI is InChI=1S/C26H22N2O2/c29-25-16-13-22(18-27-25)19-11-14-23(15-12-19)28-26(30)17-24(20-7-3-1-4-8-20)21-9-5-2-6-10-21/h1-16,18,24H,17H2,(H,27,29)(H,28,30). The zero-order chi connectivity index (χ0) is 20.8. The average Bonchev–Trinajstić information content (AvgIpc) is 2.80. The summed E-state index contributed by atoms with van der Waals surface area (Å²) in [4.78, 5) is 26.7. The lowest BCUT2D eigenvalue weighted by atomic mass is 9.88. The molecular formula is C26H22N2O2. The molecule has 148 valence electrons. The Balaban J connectivity index is 1.48. The van der Waals surface area contributed by atoms with Crippen molar-refractivity contribution in [3.63, 3.8) is 0 Å². The predicted molar refractivity (Wildman–Crippen MR) is 120 cm³/mol. The highest BCUT2D eigenvalue weighted by Crippen LogP contribution is 2.28. The second-order valence-electron chi connectivity index (χ2n) is 7.15. The van der Waals surface area contributed by atoms with Gasteiger partial charge in [-0.1, -0.05) is 72.8 Å². The van der Waals surface area contributed by atoms with Crippen LogP contribution in [-0.2, 0) is 4.79 Å². The maximum atomic E-state index is 12.8. The molecular weight excluding hydrogens is 372 g/mol. The molecule has 0 aliphatic carbocycles. The van der Waals surface area contributed by atoms with E-state index in [0.717, 1.165) is 27.9 Å². The molecule has 2 N–H and O–H groups in total. The Bertz CT molecular complexity index is 1110. The van der Waals surface area contributed by atoms with Gasteiger partial charge in [-0.15, -0.1) is 0 Å². The van der Waals surface area contributed by atoms with Crippen molar-refractivity contribution in [2.24, 2.45) is 0 Å². The van der Waals surface area contributed by atoms with Crippen LogP contribution in [0.25, 0.3) is 11.1 Å². The summed E-state index contributed by atoms with van der Waals surface area (Å²) in [5.74, 6) is -0.0442. The highest BCUT2D eigenvalue weighted by atomic mass is 16.1. The first kappa shape index (κ1) is 19.4. The quantitative estimate of drug-likeness (QED) is 0.472. The first-order valence-corrected chi connectivity index (χ1v) is 9.88. The number of hydrogen-bond donors (Lipinski definition) is 2. The van der Waals surface area contributed by atoms with E-state index in [0.29, 0.717) is 6.42 Å². The molecule has 1 heterocycles. The van der Waals surface area contributed by atoms with Crippen molar-refractivity contribution in [1.82, 2.24) is 4.98 Å². The molecule has 0 unspecified atom stereocenters. The zero-order valence-corrected chi connectivity index (χ0v) is 16.4. The third-order valence-corrected chi connectivity index (χ3v) is 5.08. The van der Waals surface area contributed by atoms with Crippen LogP contribution in [0, 0.1) is 0 Å². The number of amides is 1. The maximum absolute atomic E-state index is 12.8. The smallest absolute Gasteiger partial charge is 0.247 e. The summed E-state index contributed by atoms with van der Waals surface area (Å²) in [5.41, 5.74) is 4.73. The van der Waals surface area contributed by atoms with Crippen molar-refractivity contribution in [3.05, 3.63) is 125 Å². The van der Waals surface area contributed by atoms with E-state index < -0.39 is 0 Å². The molecule has 0 saturated carbocycles. The Morgan fingerprint density at radius 3 is 1.83 bits per heavy atom. The minimum atomic E-state index is -0.131. The molecule has 0 spiro atoms. The van der Waals surface area contributed by atoms with Crippen LogP contribution in [-0.4, -0.2) is 10.9 Å². The normalized spacial score (nSPS) is 10.7. The summed E-state index contributed by atoms with van der Waals surface area (Å²) >= 11 is 0. The van der Waals surface area contributed by atoms with Crippen LogP contribution in [0.3, 0.4) is 0 Å². The van der Waals surface area contributed by atoms with Gasteiger partial charge in [-0.05, 0) is 40.5 Å². The molecule has 0 bridgehead atoms. The maximum Gasteiger partial charge on any atom is 0.247 e. The molecule has 4 heteroatoms. The largest absolute Gasteiger partial charge is 0.328 e. The first-order valence-electron chi connectivity index (χ1n) is 9.88. The monoisotopic (exact) mass is 394 g/mol. The van der Waals surface area contributed by atoms with Crippen LogP contribution in [0.4, 0.5) is 5.69 Å². The van der Waals surface area contributed by atoms with Crippen LogP contribution in [0.5, 0.6) is 0 Å². The molecule has 1 aromatic heterocycles. The third-order valence-electron chi connectivity index (χ3n) is 5.08. The van der Waals surface area contributed by atoms with Crippen molar-refractivity contribution >= 4 is 11.6 Å². The number of carbonyl (C=O) groups is 1. The second kappa shape index (κ2) is 9.05. The highest BCUT2D eigenvalue weighted by molar-refractivity contribution is 5.91. The van der Waals surface area contributed by atoms with E-state index >= 15 is 0 Å². The number of aromatic amines is 1. The van der Waals surface area contributed by atoms with E-state index in [1.807, 2.05) is 60.7 Å². The first-order chi connectivity index (χ1) is 14.7. The molecule has 0 aliphatic heterocycles.